The number of hydrogen-bond donors (Lipinski definition) is 1. The summed E-state index contributed by atoms with van der Waals surface area (Å²) < 4.78 is 0. The largest absolute Gasteiger partial charge is 0.478 e. The Morgan fingerprint density at radius 2 is 1.65 bits per heavy atom. The van der Waals surface area contributed by atoms with Crippen LogP contribution in [0.2, 0.25) is 0 Å². The van der Waals surface area contributed by atoms with E-state index < -0.39 is 5.97 Å². The fraction of sp³-hybridized carbons (Fsp3) is 0.407. The standard InChI is InChI=1S/C27H35NO3/c1-4-6-7-8-9-13-26(29)28(3)20-22-11-10-12-25(19-22)24-16-14-21(15-17-24)18-23(5-2)27(30)31/h10-12,14-19H,4-9,13,20H2,1-3H3,(H,30,31). The number of aliphatic carboxylic acids is 1. The molecule has 2 aromatic carbocycles. The van der Waals surface area contributed by atoms with E-state index in [1.807, 2.05) is 55.3 Å². The number of unbranched alkanes of at least 4 members (excludes halogenated alkanes) is 4. The Morgan fingerprint density at radius 1 is 0.935 bits per heavy atom. The molecular formula is C27H35NO3. The Bertz CT molecular complexity index is 884. The summed E-state index contributed by atoms with van der Waals surface area (Å²) in [7, 11) is 1.87. The lowest BCUT2D eigenvalue weighted by molar-refractivity contribution is -0.133. The first-order valence-electron chi connectivity index (χ1n) is 11.3. The van der Waals surface area contributed by atoms with E-state index in [1.54, 1.807) is 6.08 Å². The van der Waals surface area contributed by atoms with Gasteiger partial charge in [-0.1, -0.05) is 82.0 Å². The third-order valence-electron chi connectivity index (χ3n) is 5.51. The number of amides is 1. The summed E-state index contributed by atoms with van der Waals surface area (Å²) in [5.41, 5.74) is 4.53. The zero-order valence-electron chi connectivity index (χ0n) is 19.1. The molecule has 0 fully saturated rings. The van der Waals surface area contributed by atoms with E-state index in [1.165, 1.54) is 19.3 Å². The second kappa shape index (κ2) is 12.7. The maximum Gasteiger partial charge on any atom is 0.331 e. The molecule has 4 nitrogen and oxygen atoms in total. The molecule has 2 aromatic rings. The molecule has 0 spiro atoms. The van der Waals surface area contributed by atoms with Crippen LogP contribution in [-0.2, 0) is 16.1 Å². The van der Waals surface area contributed by atoms with Crippen molar-refractivity contribution < 1.29 is 14.7 Å². The lowest BCUT2D eigenvalue weighted by Crippen LogP contribution is -2.25. The molecule has 4 heteroatoms. The van der Waals surface area contributed by atoms with Gasteiger partial charge >= 0.3 is 5.97 Å². The Morgan fingerprint density at radius 3 is 2.29 bits per heavy atom. The molecule has 0 bridgehead atoms. The molecule has 0 radical (unpaired) electrons. The minimum absolute atomic E-state index is 0.197. The minimum atomic E-state index is -0.876. The number of carboxylic acid groups (broad SMARTS) is 1. The molecule has 0 aliphatic carbocycles. The van der Waals surface area contributed by atoms with Gasteiger partial charge in [0.15, 0.2) is 0 Å². The highest BCUT2D eigenvalue weighted by atomic mass is 16.4. The molecule has 0 saturated carbocycles. The van der Waals surface area contributed by atoms with E-state index in [0.29, 0.717) is 25.0 Å². The van der Waals surface area contributed by atoms with Crippen LogP contribution in [0.25, 0.3) is 17.2 Å². The topological polar surface area (TPSA) is 57.6 Å². The number of nitrogens with zero attached hydrogens (tertiary/aromatic N) is 1. The van der Waals surface area contributed by atoms with Gasteiger partial charge in [0, 0.05) is 25.6 Å². The van der Waals surface area contributed by atoms with Crippen LogP contribution in [0, 0.1) is 0 Å². The van der Waals surface area contributed by atoms with Gasteiger partial charge < -0.3 is 10.0 Å². The average Bonchev–Trinajstić information content (AvgIpc) is 2.77. The van der Waals surface area contributed by atoms with Gasteiger partial charge in [-0.05, 0) is 47.2 Å². The van der Waals surface area contributed by atoms with Gasteiger partial charge in [0.2, 0.25) is 5.91 Å². The fourth-order valence-corrected chi connectivity index (χ4v) is 3.57. The van der Waals surface area contributed by atoms with Crippen molar-refractivity contribution in [3.8, 4) is 11.1 Å². The first kappa shape index (κ1) is 24.4. The van der Waals surface area contributed by atoms with Crippen LogP contribution in [0.3, 0.4) is 0 Å². The molecule has 0 heterocycles. The third kappa shape index (κ3) is 8.05. The van der Waals surface area contributed by atoms with E-state index in [0.717, 1.165) is 35.1 Å². The minimum Gasteiger partial charge on any atom is -0.478 e. The smallest absolute Gasteiger partial charge is 0.331 e. The zero-order chi connectivity index (χ0) is 22.6. The van der Waals surface area contributed by atoms with Gasteiger partial charge in [0.25, 0.3) is 0 Å². The second-order valence-corrected chi connectivity index (χ2v) is 8.06. The lowest BCUT2D eigenvalue weighted by atomic mass is 10.0. The summed E-state index contributed by atoms with van der Waals surface area (Å²) in [6.07, 6.45) is 8.58. The molecule has 0 atom stereocenters. The van der Waals surface area contributed by atoms with Crippen LogP contribution in [0.1, 0.15) is 69.9 Å². The van der Waals surface area contributed by atoms with Crippen molar-refractivity contribution in [3.05, 3.63) is 65.2 Å². The number of carbonyl (C=O) groups is 2. The predicted molar refractivity (Wildman–Crippen MR) is 128 cm³/mol. The number of hydrogen-bond acceptors (Lipinski definition) is 2. The molecule has 166 valence electrons. The van der Waals surface area contributed by atoms with E-state index in [9.17, 15) is 14.7 Å². The van der Waals surface area contributed by atoms with Gasteiger partial charge in [0.1, 0.15) is 0 Å². The van der Waals surface area contributed by atoms with Crippen molar-refractivity contribution in [2.24, 2.45) is 0 Å². The van der Waals surface area contributed by atoms with Gasteiger partial charge in [-0.2, -0.15) is 0 Å². The first-order valence-corrected chi connectivity index (χ1v) is 11.3. The Labute approximate surface area is 186 Å². The molecule has 31 heavy (non-hydrogen) atoms. The zero-order valence-corrected chi connectivity index (χ0v) is 19.1. The highest BCUT2D eigenvalue weighted by Gasteiger charge is 2.10. The third-order valence-corrected chi connectivity index (χ3v) is 5.51. The van der Waals surface area contributed by atoms with Gasteiger partial charge in [-0.3, -0.25) is 4.79 Å². The molecule has 0 aliphatic heterocycles. The summed E-state index contributed by atoms with van der Waals surface area (Å²) in [6.45, 7) is 4.63. The van der Waals surface area contributed by atoms with Crippen molar-refractivity contribution in [1.82, 2.24) is 4.90 Å². The molecule has 1 amide bonds. The van der Waals surface area contributed by atoms with Crippen LogP contribution in [0.4, 0.5) is 0 Å². The number of carboxylic acids is 1. The summed E-state index contributed by atoms with van der Waals surface area (Å²) >= 11 is 0. The van der Waals surface area contributed by atoms with E-state index in [4.69, 9.17) is 0 Å². The number of benzene rings is 2. The Hall–Kier alpha value is -2.88. The molecule has 0 saturated heterocycles. The van der Waals surface area contributed by atoms with Crippen LogP contribution in [0.15, 0.2) is 54.1 Å². The molecule has 2 rings (SSSR count). The summed E-state index contributed by atoms with van der Waals surface area (Å²) in [5.74, 6) is -0.679. The normalized spacial score (nSPS) is 11.4. The van der Waals surface area contributed by atoms with E-state index >= 15 is 0 Å². The highest BCUT2D eigenvalue weighted by Crippen LogP contribution is 2.23. The SMILES string of the molecule is CCCCCCCC(=O)N(C)Cc1cccc(-c2ccc(C=C(CC)C(=O)O)cc2)c1. The van der Waals surface area contributed by atoms with Crippen LogP contribution < -0.4 is 0 Å². The van der Waals surface area contributed by atoms with Crippen molar-refractivity contribution in [2.75, 3.05) is 7.05 Å². The lowest BCUT2D eigenvalue weighted by Gasteiger charge is -2.18. The first-order chi connectivity index (χ1) is 14.9. The summed E-state index contributed by atoms with van der Waals surface area (Å²) in [6, 6.07) is 16.1. The summed E-state index contributed by atoms with van der Waals surface area (Å²) in [4.78, 5) is 25.4. The fourth-order valence-electron chi connectivity index (χ4n) is 3.57. The van der Waals surface area contributed by atoms with Crippen molar-refractivity contribution in [1.29, 1.82) is 0 Å². The van der Waals surface area contributed by atoms with Crippen LogP contribution in [0.5, 0.6) is 0 Å². The monoisotopic (exact) mass is 421 g/mol. The molecule has 0 aromatic heterocycles. The average molecular weight is 422 g/mol. The van der Waals surface area contributed by atoms with E-state index in [-0.39, 0.29) is 5.91 Å². The van der Waals surface area contributed by atoms with Gasteiger partial charge in [-0.25, -0.2) is 4.79 Å². The quantitative estimate of drug-likeness (QED) is 0.312. The van der Waals surface area contributed by atoms with Gasteiger partial charge in [-0.15, -0.1) is 0 Å². The van der Waals surface area contributed by atoms with Crippen molar-refractivity contribution in [2.45, 2.75) is 65.3 Å². The predicted octanol–water partition coefficient (Wildman–Crippen LogP) is 6.55. The molecular weight excluding hydrogens is 386 g/mol. The maximum atomic E-state index is 12.4. The van der Waals surface area contributed by atoms with Crippen molar-refractivity contribution >= 4 is 18.0 Å². The number of carbonyl (C=O) groups excluding carboxylic acids is 1. The number of rotatable bonds is 12. The van der Waals surface area contributed by atoms with Crippen molar-refractivity contribution in [3.63, 3.8) is 0 Å². The maximum absolute atomic E-state index is 12.4. The Balaban J connectivity index is 2.00. The van der Waals surface area contributed by atoms with Crippen LogP contribution >= 0.6 is 0 Å². The molecule has 1 N–H and O–H groups in total. The van der Waals surface area contributed by atoms with E-state index in [2.05, 4.69) is 19.1 Å². The van der Waals surface area contributed by atoms with Gasteiger partial charge in [0.05, 0.1) is 0 Å². The Kier molecular flexibility index (Phi) is 10.0. The molecule has 0 aliphatic rings. The highest BCUT2D eigenvalue weighted by molar-refractivity contribution is 5.92. The van der Waals surface area contributed by atoms with Crippen LogP contribution in [-0.4, -0.2) is 28.9 Å². The summed E-state index contributed by atoms with van der Waals surface area (Å²) in [5, 5.41) is 9.19. The second-order valence-electron chi connectivity index (χ2n) is 8.06. The molecule has 0 unspecified atom stereocenters.